The topological polar surface area (TPSA) is 89.3 Å². The molecule has 1 aromatic heterocycles. The molecule has 0 aromatic carbocycles. The number of anilines is 1. The van der Waals surface area contributed by atoms with E-state index < -0.39 is 6.10 Å². The van der Waals surface area contributed by atoms with Gasteiger partial charge in [0.1, 0.15) is 11.9 Å². The van der Waals surface area contributed by atoms with Crippen LogP contribution in [0.25, 0.3) is 0 Å². The van der Waals surface area contributed by atoms with Crippen LogP contribution in [0.5, 0.6) is 0 Å². The van der Waals surface area contributed by atoms with E-state index >= 15 is 0 Å². The zero-order valence-electron chi connectivity index (χ0n) is 11.4. The number of carbonyl (C=O) groups excluding carboxylic acids is 1. The average molecular weight is 333 g/mol. The van der Waals surface area contributed by atoms with Gasteiger partial charge in [0, 0.05) is 25.8 Å². The van der Waals surface area contributed by atoms with Crippen LogP contribution in [0.1, 0.15) is 12.8 Å². The van der Waals surface area contributed by atoms with E-state index in [1.54, 1.807) is 6.07 Å². The van der Waals surface area contributed by atoms with E-state index in [4.69, 9.17) is 33.7 Å². The lowest BCUT2D eigenvalue weighted by atomic mass is 10.2. The third-order valence-corrected chi connectivity index (χ3v) is 3.68. The van der Waals surface area contributed by atoms with Crippen LogP contribution in [0.15, 0.2) is 12.3 Å². The highest BCUT2D eigenvalue weighted by molar-refractivity contribution is 6.35. The fourth-order valence-electron chi connectivity index (χ4n) is 2.10. The molecule has 1 saturated heterocycles. The molecule has 2 heterocycles. The summed E-state index contributed by atoms with van der Waals surface area (Å²) in [7, 11) is 0. The quantitative estimate of drug-likeness (QED) is 0.685. The Balaban J connectivity index is 1.69. The van der Waals surface area contributed by atoms with Gasteiger partial charge in [0.15, 0.2) is 0 Å². The molecule has 2 atom stereocenters. The van der Waals surface area contributed by atoms with Gasteiger partial charge < -0.3 is 21.1 Å². The van der Waals surface area contributed by atoms with E-state index in [1.165, 1.54) is 6.20 Å². The Bertz CT molecular complexity index is 501. The molecule has 0 bridgehead atoms. The number of nitrogens with zero attached hydrogens (tertiary/aromatic N) is 1. The van der Waals surface area contributed by atoms with Crippen LogP contribution in [0.4, 0.5) is 5.82 Å². The van der Waals surface area contributed by atoms with Crippen LogP contribution in [-0.4, -0.2) is 42.7 Å². The highest BCUT2D eigenvalue weighted by Crippen LogP contribution is 2.22. The van der Waals surface area contributed by atoms with Crippen LogP contribution in [-0.2, 0) is 9.53 Å². The van der Waals surface area contributed by atoms with E-state index in [0.717, 1.165) is 6.42 Å². The summed E-state index contributed by atoms with van der Waals surface area (Å²) in [5, 5.41) is 6.76. The third kappa shape index (κ3) is 4.71. The first-order valence-electron chi connectivity index (χ1n) is 6.78. The third-order valence-electron chi connectivity index (χ3n) is 3.19. The van der Waals surface area contributed by atoms with Crippen molar-refractivity contribution in [1.29, 1.82) is 0 Å². The lowest BCUT2D eigenvalue weighted by Crippen LogP contribution is -2.37. The van der Waals surface area contributed by atoms with Gasteiger partial charge in [0.25, 0.3) is 0 Å². The number of aromatic nitrogens is 1. The van der Waals surface area contributed by atoms with Crippen molar-refractivity contribution in [2.45, 2.75) is 25.0 Å². The van der Waals surface area contributed by atoms with Crippen molar-refractivity contribution in [3.8, 4) is 0 Å². The highest BCUT2D eigenvalue weighted by Gasteiger charge is 2.29. The van der Waals surface area contributed by atoms with Gasteiger partial charge in [-0.2, -0.15) is 0 Å². The van der Waals surface area contributed by atoms with Gasteiger partial charge in [0.2, 0.25) is 5.91 Å². The summed E-state index contributed by atoms with van der Waals surface area (Å²) in [6.45, 7) is 1.41. The van der Waals surface area contributed by atoms with Crippen molar-refractivity contribution in [2.24, 2.45) is 5.73 Å². The number of halogens is 2. The van der Waals surface area contributed by atoms with Crippen LogP contribution >= 0.6 is 23.2 Å². The van der Waals surface area contributed by atoms with E-state index in [1.807, 2.05) is 0 Å². The molecule has 0 saturated carbocycles. The number of ether oxygens (including phenoxy) is 1. The molecule has 21 heavy (non-hydrogen) atoms. The first kappa shape index (κ1) is 16.3. The maximum absolute atomic E-state index is 11.9. The van der Waals surface area contributed by atoms with Crippen molar-refractivity contribution in [3.05, 3.63) is 22.3 Å². The zero-order chi connectivity index (χ0) is 15.2. The Morgan fingerprint density at radius 1 is 1.43 bits per heavy atom. The summed E-state index contributed by atoms with van der Waals surface area (Å²) in [6.07, 6.45) is 2.66. The second-order valence-corrected chi connectivity index (χ2v) is 5.61. The Labute approximate surface area is 133 Å². The minimum absolute atomic E-state index is 0.00375. The SMILES string of the molecule is NC[C@H]1CC[C@@H](C(=O)NCCNc2ncc(Cl)cc2Cl)O1. The standard InChI is InChI=1S/C13H18Cl2N4O2/c14-8-5-10(15)12(19-7-8)17-3-4-18-13(20)11-2-1-9(6-16)21-11/h5,7,9,11H,1-4,6,16H2,(H,17,19)(H,18,20)/t9-,11+/m1/s1. The molecule has 116 valence electrons. The molecule has 0 spiro atoms. The summed E-state index contributed by atoms with van der Waals surface area (Å²) in [5.41, 5.74) is 5.51. The van der Waals surface area contributed by atoms with Gasteiger partial charge in [-0.05, 0) is 18.9 Å². The maximum atomic E-state index is 11.9. The molecule has 1 aliphatic heterocycles. The second kappa shape index (κ2) is 7.79. The monoisotopic (exact) mass is 332 g/mol. The number of pyridine rings is 1. The van der Waals surface area contributed by atoms with Crippen LogP contribution in [0.2, 0.25) is 10.0 Å². The zero-order valence-corrected chi connectivity index (χ0v) is 13.0. The molecule has 0 aliphatic carbocycles. The average Bonchev–Trinajstić information content (AvgIpc) is 2.94. The molecule has 0 radical (unpaired) electrons. The molecule has 2 rings (SSSR count). The highest BCUT2D eigenvalue weighted by atomic mass is 35.5. The lowest BCUT2D eigenvalue weighted by molar-refractivity contribution is -0.131. The molecule has 1 fully saturated rings. The second-order valence-electron chi connectivity index (χ2n) is 4.76. The van der Waals surface area contributed by atoms with Gasteiger partial charge >= 0.3 is 0 Å². The minimum atomic E-state index is -0.393. The van der Waals surface area contributed by atoms with Crippen LogP contribution < -0.4 is 16.4 Å². The molecular weight excluding hydrogens is 315 g/mol. The number of nitrogens with one attached hydrogen (secondary N) is 2. The Hall–Kier alpha value is -1.08. The van der Waals surface area contributed by atoms with Crippen LogP contribution in [0, 0.1) is 0 Å². The summed E-state index contributed by atoms with van der Waals surface area (Å²) >= 11 is 11.7. The largest absolute Gasteiger partial charge is 0.367 e. The van der Waals surface area contributed by atoms with Crippen molar-refractivity contribution < 1.29 is 9.53 Å². The molecule has 6 nitrogen and oxygen atoms in total. The number of carbonyl (C=O) groups is 1. The Kier molecular flexibility index (Phi) is 6.05. The van der Waals surface area contributed by atoms with Gasteiger partial charge in [-0.3, -0.25) is 4.79 Å². The van der Waals surface area contributed by atoms with Crippen LogP contribution in [0.3, 0.4) is 0 Å². The Morgan fingerprint density at radius 2 is 2.24 bits per heavy atom. The Morgan fingerprint density at radius 3 is 2.90 bits per heavy atom. The number of hydrogen-bond donors (Lipinski definition) is 3. The van der Waals surface area contributed by atoms with E-state index in [9.17, 15) is 4.79 Å². The number of hydrogen-bond acceptors (Lipinski definition) is 5. The molecule has 0 unspecified atom stereocenters. The van der Waals surface area contributed by atoms with Crippen molar-refractivity contribution in [3.63, 3.8) is 0 Å². The molecule has 1 aliphatic rings. The minimum Gasteiger partial charge on any atom is -0.367 e. The fourth-order valence-corrected chi connectivity index (χ4v) is 2.54. The maximum Gasteiger partial charge on any atom is 0.249 e. The molecule has 1 amide bonds. The lowest BCUT2D eigenvalue weighted by Gasteiger charge is -2.13. The summed E-state index contributed by atoms with van der Waals surface area (Å²) in [4.78, 5) is 15.9. The predicted octanol–water partition coefficient (Wildman–Crippen LogP) is 1.42. The molecule has 4 N–H and O–H groups in total. The van der Waals surface area contributed by atoms with Gasteiger partial charge in [0.05, 0.1) is 16.1 Å². The number of rotatable bonds is 6. The van der Waals surface area contributed by atoms with Crippen molar-refractivity contribution in [1.82, 2.24) is 10.3 Å². The predicted molar refractivity (Wildman–Crippen MR) is 82.7 cm³/mol. The first-order chi connectivity index (χ1) is 10.1. The summed E-state index contributed by atoms with van der Waals surface area (Å²) < 4.78 is 5.51. The van der Waals surface area contributed by atoms with Crippen molar-refractivity contribution >= 4 is 34.9 Å². The molecule has 8 heteroatoms. The van der Waals surface area contributed by atoms with E-state index in [2.05, 4.69) is 15.6 Å². The first-order valence-corrected chi connectivity index (χ1v) is 7.54. The number of nitrogens with two attached hydrogens (primary N) is 1. The molecular formula is C13H18Cl2N4O2. The van der Waals surface area contributed by atoms with E-state index in [-0.39, 0.29) is 12.0 Å². The summed E-state index contributed by atoms with van der Waals surface area (Å²) in [5.74, 6) is 0.429. The van der Waals surface area contributed by atoms with E-state index in [0.29, 0.717) is 41.9 Å². The number of amides is 1. The molecule has 1 aromatic rings. The summed E-state index contributed by atoms with van der Waals surface area (Å²) in [6, 6.07) is 1.61. The smallest absolute Gasteiger partial charge is 0.249 e. The van der Waals surface area contributed by atoms with Gasteiger partial charge in [-0.25, -0.2) is 4.98 Å². The van der Waals surface area contributed by atoms with Gasteiger partial charge in [-0.15, -0.1) is 0 Å². The van der Waals surface area contributed by atoms with Crippen molar-refractivity contribution in [2.75, 3.05) is 25.0 Å². The normalized spacial score (nSPS) is 21.3. The fraction of sp³-hybridized carbons (Fsp3) is 0.538. The van der Waals surface area contributed by atoms with Gasteiger partial charge in [-0.1, -0.05) is 23.2 Å².